The predicted molar refractivity (Wildman–Crippen MR) is 175 cm³/mol. The van der Waals surface area contributed by atoms with E-state index in [0.29, 0.717) is 6.61 Å². The van der Waals surface area contributed by atoms with E-state index in [1.165, 1.54) is 5.56 Å². The van der Waals surface area contributed by atoms with Crippen LogP contribution in [0.25, 0.3) is 0 Å². The Hall–Kier alpha value is -3.29. The molecule has 0 saturated heterocycles. The lowest BCUT2D eigenvalue weighted by Gasteiger charge is -2.36. The van der Waals surface area contributed by atoms with Crippen molar-refractivity contribution in [3.8, 4) is 0 Å². The number of alkyl carbamates (subject to hydrolysis) is 1. The number of carbonyl (C=O) groups is 2. The molecule has 1 N–H and O–H groups in total. The Kier molecular flexibility index (Phi) is 15.9. The van der Waals surface area contributed by atoms with E-state index >= 15 is 0 Å². The van der Waals surface area contributed by atoms with Gasteiger partial charge in [-0.2, -0.15) is 0 Å². The van der Waals surface area contributed by atoms with Gasteiger partial charge in [0.25, 0.3) is 8.53 Å². The third kappa shape index (κ3) is 13.1. The van der Waals surface area contributed by atoms with Crippen molar-refractivity contribution in [3.63, 3.8) is 0 Å². The van der Waals surface area contributed by atoms with E-state index in [1.807, 2.05) is 78.9 Å². The molecule has 3 aromatic carbocycles. The second-order valence-electron chi connectivity index (χ2n) is 11.1. The van der Waals surface area contributed by atoms with Crippen molar-refractivity contribution in [2.24, 2.45) is 0 Å². The zero-order valence-corrected chi connectivity index (χ0v) is 27.3. The lowest BCUT2D eigenvalue weighted by atomic mass is 10.1. The second kappa shape index (κ2) is 19.9. The van der Waals surface area contributed by atoms with E-state index in [9.17, 15) is 9.59 Å². The van der Waals surface area contributed by atoms with Gasteiger partial charge in [0.15, 0.2) is 6.04 Å². The van der Waals surface area contributed by atoms with Gasteiger partial charge in [0.2, 0.25) is 0 Å². The molecule has 1 amide bonds. The van der Waals surface area contributed by atoms with Crippen molar-refractivity contribution < 1.29 is 28.1 Å². The summed E-state index contributed by atoms with van der Waals surface area (Å²) < 4.78 is 25.7. The second-order valence-corrected chi connectivity index (χ2v) is 12.5. The standard InChI is InChI=1S/C35H47N2O6P/c1-28(2)37(29(3)4)44(42-26-32-22-13-7-14-23-32)43-27-33(34(38)41-25-31-20-11-6-12-21-31)36-35(39)40-24-16-8-15-19-30-17-9-5-10-18-30/h5-7,9-14,17-18,20-23,28-29,33H,8,15-16,19,24-27H2,1-4H3,(H,36,39)/t33-,44?/m0/s1. The Bertz CT molecular complexity index is 1210. The van der Waals surface area contributed by atoms with Crippen molar-refractivity contribution in [2.45, 2.75) is 84.7 Å². The van der Waals surface area contributed by atoms with E-state index in [-0.39, 0.29) is 31.9 Å². The first kappa shape index (κ1) is 35.2. The van der Waals surface area contributed by atoms with E-state index in [0.717, 1.165) is 36.8 Å². The number of aryl methyl sites for hydroxylation is 1. The first-order chi connectivity index (χ1) is 21.3. The molecule has 0 radical (unpaired) electrons. The Balaban J connectivity index is 1.59. The lowest BCUT2D eigenvalue weighted by molar-refractivity contribution is -0.148. The number of amides is 1. The average molecular weight is 623 g/mol. The molecule has 0 spiro atoms. The molecule has 0 fully saturated rings. The molecule has 0 aliphatic heterocycles. The average Bonchev–Trinajstić information content (AvgIpc) is 3.03. The van der Waals surface area contributed by atoms with Crippen LogP contribution in [-0.2, 0) is 43.0 Å². The van der Waals surface area contributed by atoms with Gasteiger partial charge >= 0.3 is 12.1 Å². The first-order valence-corrected chi connectivity index (χ1v) is 16.5. The van der Waals surface area contributed by atoms with Crippen LogP contribution in [0.1, 0.15) is 63.6 Å². The van der Waals surface area contributed by atoms with Gasteiger partial charge in [-0.25, -0.2) is 14.3 Å². The number of esters is 1. The highest BCUT2D eigenvalue weighted by molar-refractivity contribution is 7.44. The van der Waals surface area contributed by atoms with Gasteiger partial charge in [-0.3, -0.25) is 0 Å². The molecular weight excluding hydrogens is 575 g/mol. The molecule has 1 unspecified atom stereocenters. The molecule has 44 heavy (non-hydrogen) atoms. The van der Waals surface area contributed by atoms with Crippen LogP contribution in [0.5, 0.6) is 0 Å². The van der Waals surface area contributed by atoms with E-state index in [4.69, 9.17) is 18.5 Å². The molecule has 238 valence electrons. The summed E-state index contributed by atoms with van der Waals surface area (Å²) in [5.41, 5.74) is 3.16. The molecular formula is C35H47N2O6P. The van der Waals surface area contributed by atoms with E-state index < -0.39 is 26.6 Å². The number of hydrogen-bond acceptors (Lipinski definition) is 7. The predicted octanol–water partition coefficient (Wildman–Crippen LogP) is 7.82. The molecule has 9 heteroatoms. The fourth-order valence-corrected chi connectivity index (χ4v) is 6.22. The van der Waals surface area contributed by atoms with Crippen molar-refractivity contribution in [1.29, 1.82) is 0 Å². The van der Waals surface area contributed by atoms with Crippen LogP contribution in [0.3, 0.4) is 0 Å². The monoisotopic (exact) mass is 622 g/mol. The molecule has 2 atom stereocenters. The molecule has 8 nitrogen and oxygen atoms in total. The molecule has 3 aromatic rings. The Morgan fingerprint density at radius 2 is 1.23 bits per heavy atom. The van der Waals surface area contributed by atoms with Crippen molar-refractivity contribution in [1.82, 2.24) is 9.99 Å². The molecule has 0 aliphatic rings. The summed E-state index contributed by atoms with van der Waals surface area (Å²) in [4.78, 5) is 26.0. The zero-order valence-electron chi connectivity index (χ0n) is 26.4. The SMILES string of the molecule is CC(C)N(C(C)C)P(OCc1ccccc1)OC[C@H](NC(=O)OCCCCCc1ccccc1)C(=O)OCc1ccccc1. The topological polar surface area (TPSA) is 86.3 Å². The Morgan fingerprint density at radius 3 is 1.80 bits per heavy atom. The summed E-state index contributed by atoms with van der Waals surface area (Å²) in [6.45, 7) is 8.86. The number of hydrogen-bond donors (Lipinski definition) is 1. The summed E-state index contributed by atoms with van der Waals surface area (Å²) in [5, 5.41) is 2.67. The summed E-state index contributed by atoms with van der Waals surface area (Å²) in [7, 11) is -1.57. The van der Waals surface area contributed by atoms with Crippen molar-refractivity contribution in [3.05, 3.63) is 108 Å². The fraction of sp³-hybridized carbons (Fsp3) is 0.429. The quantitative estimate of drug-likeness (QED) is 0.0829. The van der Waals surface area contributed by atoms with Gasteiger partial charge in [-0.15, -0.1) is 0 Å². The summed E-state index contributed by atoms with van der Waals surface area (Å²) >= 11 is 0. The van der Waals surface area contributed by atoms with Crippen molar-refractivity contribution in [2.75, 3.05) is 13.2 Å². The van der Waals surface area contributed by atoms with Gasteiger partial charge in [-0.1, -0.05) is 91.0 Å². The van der Waals surface area contributed by atoms with E-state index in [2.05, 4.69) is 49.8 Å². The van der Waals surface area contributed by atoms with Crippen LogP contribution in [0, 0.1) is 0 Å². The Morgan fingerprint density at radius 1 is 0.682 bits per heavy atom. The third-order valence-corrected chi connectivity index (χ3v) is 8.79. The smallest absolute Gasteiger partial charge is 0.407 e. The lowest BCUT2D eigenvalue weighted by Crippen LogP contribution is -2.45. The van der Waals surface area contributed by atoms with Crippen LogP contribution in [-0.4, -0.2) is 48.1 Å². The normalized spacial score (nSPS) is 12.7. The number of ether oxygens (including phenoxy) is 2. The number of benzene rings is 3. The maximum Gasteiger partial charge on any atom is 0.407 e. The van der Waals surface area contributed by atoms with Gasteiger partial charge < -0.3 is 23.8 Å². The molecule has 0 aromatic heterocycles. The van der Waals surface area contributed by atoms with Crippen molar-refractivity contribution >= 4 is 20.6 Å². The molecule has 0 heterocycles. The summed E-state index contributed by atoms with van der Waals surface area (Å²) in [5.74, 6) is -0.604. The van der Waals surface area contributed by atoms with E-state index in [1.54, 1.807) is 0 Å². The number of nitrogens with one attached hydrogen (secondary N) is 1. The fourth-order valence-electron chi connectivity index (χ4n) is 4.59. The first-order valence-electron chi connectivity index (χ1n) is 15.4. The van der Waals surface area contributed by atoms with Gasteiger partial charge in [0, 0.05) is 12.1 Å². The molecule has 0 saturated carbocycles. The maximum absolute atomic E-state index is 13.2. The van der Waals surface area contributed by atoms with Crippen LogP contribution in [0.15, 0.2) is 91.0 Å². The highest BCUT2D eigenvalue weighted by Gasteiger charge is 2.31. The number of unbranched alkanes of at least 4 members (excludes halogenated alkanes) is 2. The number of rotatable bonds is 19. The maximum atomic E-state index is 13.2. The minimum Gasteiger partial charge on any atom is -0.459 e. The number of carbonyl (C=O) groups excluding carboxylic acids is 2. The van der Waals surface area contributed by atoms with Crippen LogP contribution < -0.4 is 5.32 Å². The Labute approximate surface area is 264 Å². The number of nitrogens with zero attached hydrogens (tertiary/aromatic N) is 1. The third-order valence-electron chi connectivity index (χ3n) is 6.77. The molecule has 0 bridgehead atoms. The summed E-state index contributed by atoms with van der Waals surface area (Å²) in [6, 6.07) is 28.7. The minimum atomic E-state index is -1.57. The summed E-state index contributed by atoms with van der Waals surface area (Å²) in [6.07, 6.45) is 2.97. The largest absolute Gasteiger partial charge is 0.459 e. The molecule has 3 rings (SSSR count). The van der Waals surface area contributed by atoms with Gasteiger partial charge in [0.05, 0.1) is 19.8 Å². The molecule has 0 aliphatic carbocycles. The van der Waals surface area contributed by atoms with Gasteiger partial charge in [-0.05, 0) is 70.1 Å². The van der Waals surface area contributed by atoms with Crippen LogP contribution >= 0.6 is 8.53 Å². The van der Waals surface area contributed by atoms with Crippen LogP contribution in [0.4, 0.5) is 4.79 Å². The highest BCUT2D eigenvalue weighted by atomic mass is 31.2. The minimum absolute atomic E-state index is 0.0810. The van der Waals surface area contributed by atoms with Gasteiger partial charge in [0.1, 0.15) is 6.61 Å². The zero-order chi connectivity index (χ0) is 31.6. The van der Waals surface area contributed by atoms with Crippen LogP contribution in [0.2, 0.25) is 0 Å². The highest BCUT2D eigenvalue weighted by Crippen LogP contribution is 2.46.